The molecular formula is C9H8BrCl. The van der Waals surface area contributed by atoms with Gasteiger partial charge < -0.3 is 0 Å². The third-order valence-electron chi connectivity index (χ3n) is 1.39. The first-order valence-corrected chi connectivity index (χ1v) is 4.39. The van der Waals surface area contributed by atoms with Crippen LogP contribution in [0.25, 0.3) is 5.57 Å². The molecule has 1 aromatic carbocycles. The lowest BCUT2D eigenvalue weighted by Crippen LogP contribution is -1.79. The maximum Gasteiger partial charge on any atom is 0.0417 e. The van der Waals surface area contributed by atoms with E-state index < -0.39 is 0 Å². The zero-order chi connectivity index (χ0) is 8.43. The van der Waals surface area contributed by atoms with Crippen molar-refractivity contribution >= 4 is 33.1 Å². The number of allylic oxidation sites excluding steroid dienone is 1. The maximum absolute atomic E-state index is 5.76. The van der Waals surface area contributed by atoms with Crippen LogP contribution in [0.15, 0.2) is 29.3 Å². The van der Waals surface area contributed by atoms with Gasteiger partial charge in [-0.2, -0.15) is 0 Å². The number of benzene rings is 1. The zero-order valence-corrected chi connectivity index (χ0v) is 8.54. The Bertz CT molecular complexity index is 292. The van der Waals surface area contributed by atoms with Crippen molar-refractivity contribution in [1.29, 1.82) is 0 Å². The number of hydrogen-bond donors (Lipinski definition) is 0. The van der Waals surface area contributed by atoms with Gasteiger partial charge in [-0.25, -0.2) is 0 Å². The second-order valence-corrected chi connectivity index (χ2v) is 3.70. The van der Waals surface area contributed by atoms with Crippen LogP contribution in [-0.2, 0) is 0 Å². The van der Waals surface area contributed by atoms with Crippen molar-refractivity contribution in [3.8, 4) is 0 Å². The molecule has 0 unspecified atom stereocenters. The Labute approximate surface area is 80.0 Å². The predicted octanol–water partition coefficient (Wildman–Crippen LogP) is 4.14. The van der Waals surface area contributed by atoms with Gasteiger partial charge in [0, 0.05) is 9.50 Å². The molecule has 1 rings (SSSR count). The minimum absolute atomic E-state index is 0.738. The van der Waals surface area contributed by atoms with Crippen LogP contribution in [0.1, 0.15) is 12.5 Å². The van der Waals surface area contributed by atoms with Gasteiger partial charge in [0.25, 0.3) is 0 Å². The third-order valence-corrected chi connectivity index (χ3v) is 2.28. The molecule has 58 valence electrons. The fourth-order valence-corrected chi connectivity index (χ4v) is 1.86. The molecule has 2 heteroatoms. The van der Waals surface area contributed by atoms with Crippen LogP contribution in [0.5, 0.6) is 0 Å². The lowest BCUT2D eigenvalue weighted by atomic mass is 10.1. The van der Waals surface area contributed by atoms with Crippen LogP contribution < -0.4 is 0 Å². The smallest absolute Gasteiger partial charge is 0.0417 e. The Kier molecular flexibility index (Phi) is 2.74. The average Bonchev–Trinajstić information content (AvgIpc) is 1.85. The summed E-state index contributed by atoms with van der Waals surface area (Å²) in [6.45, 7) is 5.81. The molecule has 0 fully saturated rings. The molecule has 0 heterocycles. The summed E-state index contributed by atoms with van der Waals surface area (Å²) >= 11 is 9.16. The van der Waals surface area contributed by atoms with Gasteiger partial charge in [0.2, 0.25) is 0 Å². The minimum Gasteiger partial charge on any atom is -0.0955 e. The Hall–Kier alpha value is -0.270. The van der Waals surface area contributed by atoms with Gasteiger partial charge in [-0.3, -0.25) is 0 Å². The molecule has 0 amide bonds. The molecular weight excluding hydrogens is 223 g/mol. The highest BCUT2D eigenvalue weighted by Crippen LogP contribution is 2.25. The second kappa shape index (κ2) is 3.42. The van der Waals surface area contributed by atoms with Crippen molar-refractivity contribution in [3.05, 3.63) is 39.8 Å². The highest BCUT2D eigenvalue weighted by Gasteiger charge is 1.99. The van der Waals surface area contributed by atoms with Gasteiger partial charge in [0.1, 0.15) is 0 Å². The van der Waals surface area contributed by atoms with Crippen molar-refractivity contribution < 1.29 is 0 Å². The highest BCUT2D eigenvalue weighted by atomic mass is 79.9. The van der Waals surface area contributed by atoms with Crippen LogP contribution in [0.3, 0.4) is 0 Å². The monoisotopic (exact) mass is 230 g/mol. The first-order valence-electron chi connectivity index (χ1n) is 3.22. The molecule has 0 N–H and O–H groups in total. The summed E-state index contributed by atoms with van der Waals surface area (Å²) in [6, 6.07) is 5.68. The van der Waals surface area contributed by atoms with Crippen LogP contribution >= 0.6 is 27.5 Å². The summed E-state index contributed by atoms with van der Waals surface area (Å²) in [4.78, 5) is 0. The van der Waals surface area contributed by atoms with E-state index in [0.29, 0.717) is 0 Å². The Morgan fingerprint density at radius 1 is 1.55 bits per heavy atom. The molecule has 0 aliphatic heterocycles. The molecule has 0 radical (unpaired) electrons. The first-order chi connectivity index (χ1) is 5.11. The summed E-state index contributed by atoms with van der Waals surface area (Å²) in [7, 11) is 0. The van der Waals surface area contributed by atoms with Gasteiger partial charge in [0.15, 0.2) is 0 Å². The average molecular weight is 232 g/mol. The quantitative estimate of drug-likeness (QED) is 0.681. The largest absolute Gasteiger partial charge is 0.0955 e. The summed E-state index contributed by atoms with van der Waals surface area (Å²) in [5.41, 5.74) is 2.14. The van der Waals surface area contributed by atoms with Crippen LogP contribution in [-0.4, -0.2) is 0 Å². The normalized spacial score (nSPS) is 9.73. The van der Waals surface area contributed by atoms with E-state index in [2.05, 4.69) is 22.5 Å². The molecule has 0 nitrogen and oxygen atoms in total. The van der Waals surface area contributed by atoms with Gasteiger partial charge in [-0.15, -0.1) is 0 Å². The summed E-state index contributed by atoms with van der Waals surface area (Å²) < 4.78 is 0.998. The van der Waals surface area contributed by atoms with E-state index in [9.17, 15) is 0 Å². The van der Waals surface area contributed by atoms with Crippen molar-refractivity contribution in [2.24, 2.45) is 0 Å². The lowest BCUT2D eigenvalue weighted by Gasteiger charge is -2.02. The van der Waals surface area contributed by atoms with E-state index in [1.54, 1.807) is 0 Å². The number of halogens is 2. The molecule has 0 atom stereocenters. The summed E-state index contributed by atoms with van der Waals surface area (Å²) in [6.07, 6.45) is 0. The molecule has 0 saturated heterocycles. The topological polar surface area (TPSA) is 0 Å². The Balaban J connectivity index is 3.20. The molecule has 0 aliphatic carbocycles. The van der Waals surface area contributed by atoms with E-state index in [1.807, 2.05) is 25.1 Å². The molecule has 0 bridgehead atoms. The molecule has 0 spiro atoms. The summed E-state index contributed by atoms with van der Waals surface area (Å²) in [5, 5.41) is 0.738. The third kappa shape index (κ3) is 2.08. The van der Waals surface area contributed by atoms with Gasteiger partial charge >= 0.3 is 0 Å². The van der Waals surface area contributed by atoms with Crippen molar-refractivity contribution in [2.75, 3.05) is 0 Å². The van der Waals surface area contributed by atoms with Gasteiger partial charge in [-0.1, -0.05) is 40.2 Å². The van der Waals surface area contributed by atoms with Crippen LogP contribution in [0.2, 0.25) is 5.02 Å². The van der Waals surface area contributed by atoms with Crippen molar-refractivity contribution in [2.45, 2.75) is 6.92 Å². The van der Waals surface area contributed by atoms with Crippen molar-refractivity contribution in [1.82, 2.24) is 0 Å². The van der Waals surface area contributed by atoms with Crippen molar-refractivity contribution in [3.63, 3.8) is 0 Å². The molecule has 0 saturated carbocycles. The first kappa shape index (κ1) is 8.82. The standard InChI is InChI=1S/C9H8BrCl/c1-6(2)8-4-3-7(11)5-9(8)10/h3-5H,1H2,2H3. The molecule has 11 heavy (non-hydrogen) atoms. The number of rotatable bonds is 1. The van der Waals surface area contributed by atoms with E-state index >= 15 is 0 Å². The van der Waals surface area contributed by atoms with E-state index in [1.165, 1.54) is 0 Å². The predicted molar refractivity (Wildman–Crippen MR) is 53.9 cm³/mol. The lowest BCUT2D eigenvalue weighted by molar-refractivity contribution is 1.54. The molecule has 1 aromatic rings. The fourth-order valence-electron chi connectivity index (χ4n) is 0.836. The van der Waals surface area contributed by atoms with Gasteiger partial charge in [-0.05, 0) is 30.2 Å². The van der Waals surface area contributed by atoms with Crippen LogP contribution in [0, 0.1) is 0 Å². The highest BCUT2D eigenvalue weighted by molar-refractivity contribution is 9.10. The Morgan fingerprint density at radius 3 is 2.64 bits per heavy atom. The second-order valence-electron chi connectivity index (χ2n) is 2.40. The number of hydrogen-bond acceptors (Lipinski definition) is 0. The van der Waals surface area contributed by atoms with Crippen LogP contribution in [0.4, 0.5) is 0 Å². The Morgan fingerprint density at radius 2 is 2.18 bits per heavy atom. The maximum atomic E-state index is 5.76. The molecule has 0 aromatic heterocycles. The van der Waals surface area contributed by atoms with E-state index in [-0.39, 0.29) is 0 Å². The zero-order valence-electron chi connectivity index (χ0n) is 6.20. The fraction of sp³-hybridized carbons (Fsp3) is 0.111. The minimum atomic E-state index is 0.738. The summed E-state index contributed by atoms with van der Waals surface area (Å²) in [5.74, 6) is 0. The van der Waals surface area contributed by atoms with Gasteiger partial charge in [0.05, 0.1) is 0 Å². The van der Waals surface area contributed by atoms with E-state index in [0.717, 1.165) is 20.6 Å². The van der Waals surface area contributed by atoms with E-state index in [4.69, 9.17) is 11.6 Å². The molecule has 0 aliphatic rings. The SMILES string of the molecule is C=C(C)c1ccc(Cl)cc1Br.